The Bertz CT molecular complexity index is 238. The fourth-order valence-electron chi connectivity index (χ4n) is 0.773. The first-order valence-corrected chi connectivity index (χ1v) is 7.32. The van der Waals surface area contributed by atoms with E-state index in [0.717, 1.165) is 0 Å². The van der Waals surface area contributed by atoms with Gasteiger partial charge in [0.15, 0.2) is 0 Å². The molecule has 0 bridgehead atoms. The SMILES string of the molecule is C=CC(C)(C)COP(OCC)OCC(C)(C)C=C. The van der Waals surface area contributed by atoms with Crippen molar-refractivity contribution in [1.29, 1.82) is 0 Å². The predicted molar refractivity (Wildman–Crippen MR) is 78.4 cm³/mol. The van der Waals surface area contributed by atoms with Gasteiger partial charge in [0.25, 0.3) is 0 Å². The fraction of sp³-hybridized carbons (Fsp3) is 0.714. The predicted octanol–water partition coefficient (Wildman–Crippen LogP) is 4.71. The first kappa shape index (κ1) is 17.8. The second-order valence-corrected chi connectivity index (χ2v) is 6.80. The average Bonchev–Trinajstić information content (AvgIpc) is 2.33. The summed E-state index contributed by atoms with van der Waals surface area (Å²) in [5.41, 5.74) is -0.149. The van der Waals surface area contributed by atoms with Crippen molar-refractivity contribution in [2.45, 2.75) is 34.6 Å². The fourth-order valence-corrected chi connectivity index (χ4v) is 2.08. The molecule has 0 aliphatic rings. The van der Waals surface area contributed by atoms with Gasteiger partial charge in [0.05, 0.1) is 19.8 Å². The van der Waals surface area contributed by atoms with E-state index in [4.69, 9.17) is 13.6 Å². The third-order valence-corrected chi connectivity index (χ3v) is 3.57. The largest absolute Gasteiger partial charge is 0.332 e. The van der Waals surface area contributed by atoms with Crippen LogP contribution in [0.15, 0.2) is 25.3 Å². The van der Waals surface area contributed by atoms with Crippen LogP contribution in [0.2, 0.25) is 0 Å². The van der Waals surface area contributed by atoms with E-state index in [0.29, 0.717) is 19.8 Å². The van der Waals surface area contributed by atoms with Crippen molar-refractivity contribution in [3.8, 4) is 0 Å². The van der Waals surface area contributed by atoms with E-state index in [1.165, 1.54) is 0 Å². The first-order valence-electron chi connectivity index (χ1n) is 6.22. The molecule has 0 N–H and O–H groups in total. The highest BCUT2D eigenvalue weighted by Gasteiger charge is 2.22. The summed E-state index contributed by atoms with van der Waals surface area (Å²) in [7, 11) is -1.30. The van der Waals surface area contributed by atoms with Gasteiger partial charge in [-0.25, -0.2) is 0 Å². The van der Waals surface area contributed by atoms with Gasteiger partial charge in [0, 0.05) is 10.8 Å². The van der Waals surface area contributed by atoms with Crippen LogP contribution in [0.25, 0.3) is 0 Å². The zero-order chi connectivity index (χ0) is 14.2. The smallest absolute Gasteiger partial charge is 0.313 e. The Labute approximate surface area is 113 Å². The molecule has 4 heteroatoms. The van der Waals surface area contributed by atoms with Crippen molar-refractivity contribution in [3.63, 3.8) is 0 Å². The van der Waals surface area contributed by atoms with Crippen LogP contribution in [0.4, 0.5) is 0 Å². The molecule has 0 atom stereocenters. The molecular weight excluding hydrogens is 247 g/mol. The van der Waals surface area contributed by atoms with Crippen LogP contribution in [0.3, 0.4) is 0 Å². The van der Waals surface area contributed by atoms with Crippen LogP contribution in [0.5, 0.6) is 0 Å². The summed E-state index contributed by atoms with van der Waals surface area (Å²) in [6.07, 6.45) is 3.75. The van der Waals surface area contributed by atoms with Gasteiger partial charge in [-0.05, 0) is 6.92 Å². The third-order valence-electron chi connectivity index (χ3n) is 2.42. The first-order chi connectivity index (χ1) is 8.26. The second-order valence-electron chi connectivity index (χ2n) is 5.57. The minimum atomic E-state index is -1.30. The lowest BCUT2D eigenvalue weighted by atomic mass is 9.96. The lowest BCUT2D eigenvalue weighted by Crippen LogP contribution is -2.18. The molecule has 18 heavy (non-hydrogen) atoms. The maximum Gasteiger partial charge on any atom is 0.332 e. The molecule has 0 fully saturated rings. The normalized spacial score (nSPS) is 12.8. The zero-order valence-corrected chi connectivity index (χ0v) is 13.3. The summed E-state index contributed by atoms with van der Waals surface area (Å²) in [6, 6.07) is 0. The van der Waals surface area contributed by atoms with Crippen molar-refractivity contribution in [2.75, 3.05) is 19.8 Å². The molecule has 0 saturated carbocycles. The highest BCUT2D eigenvalue weighted by atomic mass is 31.2. The molecule has 0 rings (SSSR count). The molecule has 0 aromatic heterocycles. The lowest BCUT2D eigenvalue weighted by Gasteiger charge is -2.26. The zero-order valence-electron chi connectivity index (χ0n) is 12.4. The molecule has 0 aromatic rings. The molecule has 0 heterocycles. The van der Waals surface area contributed by atoms with Crippen LogP contribution in [0.1, 0.15) is 34.6 Å². The standard InChI is InChI=1S/C14H27O3P/c1-8-13(4,5)11-16-18(15-10-3)17-12-14(6,7)9-2/h8-9H,1-2,10-12H2,3-7H3. The topological polar surface area (TPSA) is 27.7 Å². The average molecular weight is 274 g/mol. The number of hydrogen-bond donors (Lipinski definition) is 0. The van der Waals surface area contributed by atoms with Crippen molar-refractivity contribution in [3.05, 3.63) is 25.3 Å². The summed E-state index contributed by atoms with van der Waals surface area (Å²) in [6.45, 7) is 19.4. The molecule has 0 saturated heterocycles. The Morgan fingerprint density at radius 3 is 1.56 bits per heavy atom. The second kappa shape index (κ2) is 8.06. The Kier molecular flexibility index (Phi) is 7.97. The molecule has 0 aliphatic carbocycles. The monoisotopic (exact) mass is 274 g/mol. The Hall–Kier alpha value is -0.210. The molecule has 106 valence electrons. The van der Waals surface area contributed by atoms with Crippen LogP contribution in [-0.2, 0) is 13.6 Å². The molecule has 0 spiro atoms. The van der Waals surface area contributed by atoms with Gasteiger partial charge in [-0.3, -0.25) is 0 Å². The quantitative estimate of drug-likeness (QED) is 0.426. The summed E-state index contributed by atoms with van der Waals surface area (Å²) in [5.74, 6) is 0. The van der Waals surface area contributed by atoms with Crippen LogP contribution >= 0.6 is 8.60 Å². The van der Waals surface area contributed by atoms with E-state index >= 15 is 0 Å². The summed E-state index contributed by atoms with van der Waals surface area (Å²) >= 11 is 0. The summed E-state index contributed by atoms with van der Waals surface area (Å²) < 4.78 is 16.9. The maximum atomic E-state index is 5.69. The van der Waals surface area contributed by atoms with Gasteiger partial charge in [-0.15, -0.1) is 13.2 Å². The maximum absolute atomic E-state index is 5.69. The number of rotatable bonds is 10. The molecule has 0 amide bonds. The van der Waals surface area contributed by atoms with E-state index in [9.17, 15) is 0 Å². The number of hydrogen-bond acceptors (Lipinski definition) is 3. The van der Waals surface area contributed by atoms with Gasteiger partial charge in [0.1, 0.15) is 0 Å². The minimum absolute atomic E-state index is 0.0744. The summed E-state index contributed by atoms with van der Waals surface area (Å²) in [5, 5.41) is 0. The van der Waals surface area contributed by atoms with Gasteiger partial charge in [-0.2, -0.15) is 0 Å². The highest BCUT2D eigenvalue weighted by Crippen LogP contribution is 2.42. The van der Waals surface area contributed by atoms with Crippen LogP contribution < -0.4 is 0 Å². The Morgan fingerprint density at radius 1 is 0.889 bits per heavy atom. The minimum Gasteiger partial charge on any atom is -0.313 e. The van der Waals surface area contributed by atoms with Crippen molar-refractivity contribution < 1.29 is 13.6 Å². The van der Waals surface area contributed by atoms with Gasteiger partial charge < -0.3 is 13.6 Å². The van der Waals surface area contributed by atoms with Crippen molar-refractivity contribution >= 4 is 8.60 Å². The Balaban J connectivity index is 4.23. The van der Waals surface area contributed by atoms with Gasteiger partial charge in [0.2, 0.25) is 0 Å². The van der Waals surface area contributed by atoms with Crippen LogP contribution in [-0.4, -0.2) is 19.8 Å². The van der Waals surface area contributed by atoms with E-state index in [1.54, 1.807) is 0 Å². The molecule has 0 aromatic carbocycles. The molecule has 0 aliphatic heterocycles. The molecular formula is C14H27O3P. The van der Waals surface area contributed by atoms with E-state index in [2.05, 4.69) is 40.9 Å². The summed E-state index contributed by atoms with van der Waals surface area (Å²) in [4.78, 5) is 0. The molecule has 3 nitrogen and oxygen atoms in total. The van der Waals surface area contributed by atoms with Gasteiger partial charge in [-0.1, -0.05) is 39.8 Å². The van der Waals surface area contributed by atoms with E-state index in [1.807, 2.05) is 19.1 Å². The lowest BCUT2D eigenvalue weighted by molar-refractivity contribution is 0.116. The van der Waals surface area contributed by atoms with Crippen LogP contribution in [0, 0.1) is 10.8 Å². The van der Waals surface area contributed by atoms with E-state index in [-0.39, 0.29) is 10.8 Å². The third kappa shape index (κ3) is 7.99. The van der Waals surface area contributed by atoms with Crippen molar-refractivity contribution in [1.82, 2.24) is 0 Å². The van der Waals surface area contributed by atoms with Crippen molar-refractivity contribution in [2.24, 2.45) is 10.8 Å². The molecule has 0 radical (unpaired) electrons. The van der Waals surface area contributed by atoms with Gasteiger partial charge >= 0.3 is 8.60 Å². The van der Waals surface area contributed by atoms with E-state index < -0.39 is 8.60 Å². The molecule has 0 unspecified atom stereocenters. The Morgan fingerprint density at radius 2 is 1.28 bits per heavy atom. The highest BCUT2D eigenvalue weighted by molar-refractivity contribution is 7.41.